The van der Waals surface area contributed by atoms with Crippen LogP contribution in [0.1, 0.15) is 27.2 Å². The Morgan fingerprint density at radius 3 is 2.25 bits per heavy atom. The van der Waals surface area contributed by atoms with E-state index in [0.717, 1.165) is 0 Å². The maximum absolute atomic E-state index is 11.6. The number of hydrogen-bond acceptors (Lipinski definition) is 4. The molecule has 0 aliphatic carbocycles. The van der Waals surface area contributed by atoms with Crippen molar-refractivity contribution in [3.8, 4) is 0 Å². The lowest BCUT2D eigenvalue weighted by Crippen LogP contribution is -2.24. The molecule has 0 N–H and O–H groups in total. The summed E-state index contributed by atoms with van der Waals surface area (Å²) in [4.78, 5) is 22.9. The Balaban J connectivity index is 2.79. The van der Waals surface area contributed by atoms with Gasteiger partial charge in [0.15, 0.2) is 9.84 Å². The Kier molecular flexibility index (Phi) is 3.88. The Morgan fingerprint density at radius 2 is 1.81 bits per heavy atom. The van der Waals surface area contributed by atoms with Crippen molar-refractivity contribution in [3.63, 3.8) is 0 Å². The van der Waals surface area contributed by atoms with Gasteiger partial charge in [0.25, 0.3) is 0 Å². The van der Waals surface area contributed by atoms with E-state index in [2.05, 4.69) is 0 Å². The summed E-state index contributed by atoms with van der Waals surface area (Å²) < 4.78 is 22.9. The molecular weight excluding hydrogens is 228 g/mol. The van der Waals surface area contributed by atoms with Crippen LogP contribution in [0.4, 0.5) is 0 Å². The fraction of sp³-hybridized carbons (Fsp3) is 0.818. The van der Waals surface area contributed by atoms with Gasteiger partial charge < -0.3 is 0 Å². The van der Waals surface area contributed by atoms with E-state index < -0.39 is 15.8 Å². The highest BCUT2D eigenvalue weighted by molar-refractivity contribution is 7.91. The second-order valence-corrected chi connectivity index (χ2v) is 7.03. The fourth-order valence-corrected chi connectivity index (χ4v) is 4.26. The highest BCUT2D eigenvalue weighted by Crippen LogP contribution is 2.29. The van der Waals surface area contributed by atoms with E-state index in [1.165, 1.54) is 6.92 Å². The number of carbonyl (C=O) groups excluding carboxylic acids is 2. The number of sulfone groups is 1. The van der Waals surface area contributed by atoms with Crippen LogP contribution < -0.4 is 0 Å². The summed E-state index contributed by atoms with van der Waals surface area (Å²) in [6.07, 6.45) is 0.209. The molecule has 0 spiro atoms. The van der Waals surface area contributed by atoms with Crippen molar-refractivity contribution in [2.45, 2.75) is 27.2 Å². The third-order valence-electron chi connectivity index (χ3n) is 3.10. The molecule has 0 aromatic rings. The molecule has 1 saturated heterocycles. The first-order valence-corrected chi connectivity index (χ1v) is 7.28. The van der Waals surface area contributed by atoms with E-state index in [-0.39, 0.29) is 41.3 Å². The van der Waals surface area contributed by atoms with Crippen LogP contribution in [-0.2, 0) is 19.4 Å². The molecule has 5 heteroatoms. The van der Waals surface area contributed by atoms with Crippen LogP contribution in [0.2, 0.25) is 0 Å². The third-order valence-corrected chi connectivity index (χ3v) is 4.90. The summed E-state index contributed by atoms with van der Waals surface area (Å²) in [5.41, 5.74) is 0. The van der Waals surface area contributed by atoms with Gasteiger partial charge in [-0.1, -0.05) is 13.8 Å². The lowest BCUT2D eigenvalue weighted by molar-refractivity contribution is -0.124. The Hall–Kier alpha value is -0.710. The van der Waals surface area contributed by atoms with Crippen LogP contribution in [0.3, 0.4) is 0 Å². The molecular formula is C11H18O4S. The summed E-state index contributed by atoms with van der Waals surface area (Å²) in [5.74, 6) is -1.08. The minimum absolute atomic E-state index is 0.0181. The minimum Gasteiger partial charge on any atom is -0.300 e. The van der Waals surface area contributed by atoms with Gasteiger partial charge in [0, 0.05) is 18.3 Å². The van der Waals surface area contributed by atoms with E-state index >= 15 is 0 Å². The quantitative estimate of drug-likeness (QED) is 0.737. The fourth-order valence-electron chi connectivity index (χ4n) is 2.06. The minimum atomic E-state index is -3.13. The van der Waals surface area contributed by atoms with Gasteiger partial charge in [-0.15, -0.1) is 0 Å². The molecule has 1 aliphatic rings. The maximum Gasteiger partial charge on any atom is 0.151 e. The second-order valence-electron chi connectivity index (χ2n) is 4.88. The molecule has 0 amide bonds. The van der Waals surface area contributed by atoms with Gasteiger partial charge in [-0.25, -0.2) is 8.42 Å². The number of rotatable bonds is 4. The molecule has 0 aromatic carbocycles. The predicted molar refractivity (Wildman–Crippen MR) is 60.8 cm³/mol. The van der Waals surface area contributed by atoms with Gasteiger partial charge in [-0.05, 0) is 12.8 Å². The summed E-state index contributed by atoms with van der Waals surface area (Å²) in [6, 6.07) is 0. The van der Waals surface area contributed by atoms with Crippen molar-refractivity contribution in [2.75, 3.05) is 11.5 Å². The van der Waals surface area contributed by atoms with Gasteiger partial charge in [0.05, 0.1) is 11.5 Å². The molecule has 0 bridgehead atoms. The van der Waals surface area contributed by atoms with Gasteiger partial charge in [0.1, 0.15) is 11.6 Å². The van der Waals surface area contributed by atoms with E-state index in [4.69, 9.17) is 0 Å². The van der Waals surface area contributed by atoms with Gasteiger partial charge in [0.2, 0.25) is 0 Å². The standard InChI is InChI=1S/C11H18O4S/c1-7(2)11(13)4-9-5-16(14,15)6-10(9)8(3)12/h7,9-10H,4-6H2,1-3H3. The lowest BCUT2D eigenvalue weighted by atomic mass is 9.86. The van der Waals surface area contributed by atoms with Crippen molar-refractivity contribution in [2.24, 2.45) is 17.8 Å². The van der Waals surface area contributed by atoms with Crippen molar-refractivity contribution >= 4 is 21.4 Å². The molecule has 1 fully saturated rings. The molecule has 1 heterocycles. The summed E-state index contributed by atoms with van der Waals surface area (Å²) in [7, 11) is -3.13. The van der Waals surface area contributed by atoms with Crippen LogP contribution >= 0.6 is 0 Å². The average molecular weight is 246 g/mol. The lowest BCUT2D eigenvalue weighted by Gasteiger charge is -2.15. The third kappa shape index (κ3) is 3.14. The van der Waals surface area contributed by atoms with E-state index in [0.29, 0.717) is 0 Å². The van der Waals surface area contributed by atoms with E-state index in [1.807, 2.05) is 0 Å². The van der Waals surface area contributed by atoms with Crippen LogP contribution in [-0.4, -0.2) is 31.5 Å². The maximum atomic E-state index is 11.6. The second kappa shape index (κ2) is 4.65. The molecule has 4 nitrogen and oxygen atoms in total. The van der Waals surface area contributed by atoms with Crippen molar-refractivity contribution in [1.82, 2.24) is 0 Å². The molecule has 1 aliphatic heterocycles. The number of Topliss-reactive ketones (excluding diaryl/α,β-unsaturated/α-hetero) is 2. The van der Waals surface area contributed by atoms with Crippen LogP contribution in [0.25, 0.3) is 0 Å². The van der Waals surface area contributed by atoms with E-state index in [9.17, 15) is 18.0 Å². The molecule has 92 valence electrons. The first kappa shape index (κ1) is 13.4. The number of carbonyl (C=O) groups is 2. The highest BCUT2D eigenvalue weighted by atomic mass is 32.2. The smallest absolute Gasteiger partial charge is 0.151 e. The number of ketones is 2. The molecule has 16 heavy (non-hydrogen) atoms. The molecule has 2 atom stereocenters. The van der Waals surface area contributed by atoms with Crippen molar-refractivity contribution in [1.29, 1.82) is 0 Å². The summed E-state index contributed by atoms with van der Waals surface area (Å²) >= 11 is 0. The van der Waals surface area contributed by atoms with Gasteiger partial charge >= 0.3 is 0 Å². The zero-order valence-electron chi connectivity index (χ0n) is 9.89. The largest absolute Gasteiger partial charge is 0.300 e. The van der Waals surface area contributed by atoms with E-state index in [1.54, 1.807) is 13.8 Å². The number of hydrogen-bond donors (Lipinski definition) is 0. The Labute approximate surface area is 96.3 Å². The summed E-state index contributed by atoms with van der Waals surface area (Å²) in [5, 5.41) is 0. The highest BCUT2D eigenvalue weighted by Gasteiger charge is 2.41. The average Bonchev–Trinajstić information content (AvgIpc) is 2.41. The van der Waals surface area contributed by atoms with Gasteiger partial charge in [-0.3, -0.25) is 9.59 Å². The molecule has 1 rings (SSSR count). The SMILES string of the molecule is CC(=O)C1CS(=O)(=O)CC1CC(=O)C(C)C. The Morgan fingerprint density at radius 1 is 1.25 bits per heavy atom. The van der Waals surface area contributed by atoms with Crippen LogP contribution in [0.5, 0.6) is 0 Å². The van der Waals surface area contributed by atoms with Gasteiger partial charge in [-0.2, -0.15) is 0 Å². The first-order chi connectivity index (χ1) is 7.23. The van der Waals surface area contributed by atoms with Crippen LogP contribution in [0.15, 0.2) is 0 Å². The van der Waals surface area contributed by atoms with Crippen molar-refractivity contribution in [3.05, 3.63) is 0 Å². The Bertz CT molecular complexity index is 394. The monoisotopic (exact) mass is 246 g/mol. The normalized spacial score (nSPS) is 28.2. The molecule has 0 aromatic heterocycles. The molecule has 0 saturated carbocycles. The topological polar surface area (TPSA) is 68.3 Å². The zero-order chi connectivity index (χ0) is 12.5. The molecule has 2 unspecified atom stereocenters. The first-order valence-electron chi connectivity index (χ1n) is 5.46. The molecule has 0 radical (unpaired) electrons. The summed E-state index contributed by atoms with van der Waals surface area (Å²) in [6.45, 7) is 4.97. The van der Waals surface area contributed by atoms with Crippen LogP contribution in [0, 0.1) is 17.8 Å². The van der Waals surface area contributed by atoms with Crippen molar-refractivity contribution < 1.29 is 18.0 Å². The predicted octanol–water partition coefficient (Wildman–Crippen LogP) is 0.851. The zero-order valence-corrected chi connectivity index (χ0v) is 10.7.